The van der Waals surface area contributed by atoms with Gasteiger partial charge in [-0.05, 0) is 22.4 Å². The molecule has 5 nitrogen and oxygen atoms in total. The average Bonchev–Trinajstić information content (AvgIpc) is 2.95. The van der Waals surface area contributed by atoms with Gasteiger partial charge in [0, 0.05) is 32.1 Å². The number of hydrogen-bond donors (Lipinski definition) is 1. The van der Waals surface area contributed by atoms with Crippen LogP contribution in [0.25, 0.3) is 0 Å². The summed E-state index contributed by atoms with van der Waals surface area (Å²) in [5.74, 6) is 0.591. The van der Waals surface area contributed by atoms with Crippen LogP contribution in [0.3, 0.4) is 0 Å². The Morgan fingerprint density at radius 2 is 2.32 bits per heavy atom. The summed E-state index contributed by atoms with van der Waals surface area (Å²) in [6, 6.07) is 1.74. The van der Waals surface area contributed by atoms with Gasteiger partial charge in [0.1, 0.15) is 9.54 Å². The van der Waals surface area contributed by atoms with E-state index in [2.05, 4.69) is 21.2 Å². The summed E-state index contributed by atoms with van der Waals surface area (Å²) < 4.78 is 5.93. The maximum Gasteiger partial charge on any atom is 0.261 e. The molecule has 0 aliphatic carbocycles. The Morgan fingerprint density at radius 1 is 1.58 bits per heavy atom. The molecule has 19 heavy (non-hydrogen) atoms. The van der Waals surface area contributed by atoms with Crippen molar-refractivity contribution in [3.63, 3.8) is 0 Å². The van der Waals surface area contributed by atoms with Crippen molar-refractivity contribution in [3.05, 3.63) is 14.7 Å². The first-order valence-corrected chi connectivity index (χ1v) is 7.52. The summed E-state index contributed by atoms with van der Waals surface area (Å²) in [5, 5.41) is 2.95. The van der Waals surface area contributed by atoms with Crippen LogP contribution in [0.2, 0.25) is 0 Å². The molecule has 2 heterocycles. The van der Waals surface area contributed by atoms with Crippen LogP contribution in [0.1, 0.15) is 23.0 Å². The number of carbonyl (C=O) groups is 2. The molecule has 2 rings (SSSR count). The highest BCUT2D eigenvalue weighted by atomic mass is 79.9. The van der Waals surface area contributed by atoms with Crippen LogP contribution in [0.5, 0.6) is 5.75 Å². The van der Waals surface area contributed by atoms with Crippen molar-refractivity contribution >= 4 is 39.1 Å². The van der Waals surface area contributed by atoms with E-state index in [0.717, 1.165) is 10.2 Å². The Hall–Kier alpha value is -1.08. The summed E-state index contributed by atoms with van der Waals surface area (Å²) >= 11 is 4.68. The monoisotopic (exact) mass is 346 g/mol. The Bertz CT molecular complexity index is 503. The van der Waals surface area contributed by atoms with Gasteiger partial charge in [-0.15, -0.1) is 11.3 Å². The van der Waals surface area contributed by atoms with E-state index in [0.29, 0.717) is 23.7 Å². The lowest BCUT2D eigenvalue weighted by atomic mass is 10.2. The van der Waals surface area contributed by atoms with Gasteiger partial charge in [-0.1, -0.05) is 0 Å². The van der Waals surface area contributed by atoms with E-state index in [9.17, 15) is 9.59 Å². The van der Waals surface area contributed by atoms with Crippen molar-refractivity contribution < 1.29 is 14.3 Å². The summed E-state index contributed by atoms with van der Waals surface area (Å²) in [6.45, 7) is 2.84. The Balaban J connectivity index is 1.96. The SMILES string of the molecule is COc1cc(C(=O)N[C@@H]2CCN(C(C)=O)C2)sc1Br. The number of amides is 2. The van der Waals surface area contributed by atoms with Gasteiger partial charge in [-0.3, -0.25) is 9.59 Å². The second-order valence-corrected chi connectivity index (χ2v) is 6.75. The second-order valence-electron chi connectivity index (χ2n) is 4.38. The molecule has 1 aromatic rings. The zero-order valence-electron chi connectivity index (χ0n) is 10.7. The van der Waals surface area contributed by atoms with Crippen LogP contribution in [0.4, 0.5) is 0 Å². The zero-order valence-corrected chi connectivity index (χ0v) is 13.1. The van der Waals surface area contributed by atoms with Crippen molar-refractivity contribution in [1.82, 2.24) is 10.2 Å². The van der Waals surface area contributed by atoms with Crippen LogP contribution in [0, 0.1) is 0 Å². The average molecular weight is 347 g/mol. The summed E-state index contributed by atoms with van der Waals surface area (Å²) in [7, 11) is 1.57. The fraction of sp³-hybridized carbons (Fsp3) is 0.500. The molecule has 1 atom stereocenters. The second kappa shape index (κ2) is 5.92. The topological polar surface area (TPSA) is 58.6 Å². The molecule has 0 saturated carbocycles. The number of nitrogens with one attached hydrogen (secondary N) is 1. The summed E-state index contributed by atoms with van der Waals surface area (Å²) in [4.78, 5) is 25.7. The molecule has 2 amide bonds. The first-order valence-electron chi connectivity index (χ1n) is 5.91. The number of rotatable bonds is 3. The van der Waals surface area contributed by atoms with E-state index in [-0.39, 0.29) is 17.9 Å². The Morgan fingerprint density at radius 3 is 2.84 bits per heavy atom. The number of methoxy groups -OCH3 is 1. The standard InChI is InChI=1S/C12H15BrN2O3S/c1-7(16)15-4-3-8(6-15)14-12(17)10-5-9(18-2)11(13)19-10/h5,8H,3-4,6H2,1-2H3,(H,14,17)/t8-/m1/s1. The number of hydrogen-bond acceptors (Lipinski definition) is 4. The molecule has 0 aromatic carbocycles. The number of thiophene rings is 1. The van der Waals surface area contributed by atoms with Crippen molar-refractivity contribution in [2.45, 2.75) is 19.4 Å². The summed E-state index contributed by atoms with van der Waals surface area (Å²) in [5.41, 5.74) is 0. The molecule has 1 saturated heterocycles. The van der Waals surface area contributed by atoms with Gasteiger partial charge in [-0.2, -0.15) is 0 Å². The molecule has 0 bridgehead atoms. The molecule has 0 spiro atoms. The number of ether oxygens (including phenoxy) is 1. The van der Waals surface area contributed by atoms with Crippen LogP contribution < -0.4 is 10.1 Å². The van der Waals surface area contributed by atoms with Gasteiger partial charge in [0.05, 0.1) is 12.0 Å². The van der Waals surface area contributed by atoms with Gasteiger partial charge in [0.25, 0.3) is 5.91 Å². The fourth-order valence-electron chi connectivity index (χ4n) is 2.02. The van der Waals surface area contributed by atoms with Crippen LogP contribution >= 0.6 is 27.3 Å². The van der Waals surface area contributed by atoms with Crippen LogP contribution in [-0.2, 0) is 4.79 Å². The number of halogens is 1. The van der Waals surface area contributed by atoms with Gasteiger partial charge < -0.3 is 15.0 Å². The van der Waals surface area contributed by atoms with Crippen LogP contribution in [0.15, 0.2) is 9.85 Å². The maximum absolute atomic E-state index is 12.1. The first kappa shape index (κ1) is 14.3. The number of carbonyl (C=O) groups excluding carboxylic acids is 2. The third-order valence-corrected chi connectivity index (χ3v) is 4.85. The highest BCUT2D eigenvalue weighted by molar-refractivity contribution is 9.11. The molecule has 1 aromatic heterocycles. The van der Waals surface area contributed by atoms with E-state index >= 15 is 0 Å². The van der Waals surface area contributed by atoms with Gasteiger partial charge in [0.15, 0.2) is 0 Å². The van der Waals surface area contributed by atoms with E-state index in [4.69, 9.17) is 4.74 Å². The number of nitrogens with zero attached hydrogens (tertiary/aromatic N) is 1. The third-order valence-electron chi connectivity index (χ3n) is 3.07. The molecule has 0 radical (unpaired) electrons. The van der Waals surface area contributed by atoms with Gasteiger partial charge in [-0.25, -0.2) is 0 Å². The van der Waals surface area contributed by atoms with Gasteiger partial charge >= 0.3 is 0 Å². The molecule has 0 unspecified atom stereocenters. The maximum atomic E-state index is 12.1. The molecule has 1 aliphatic heterocycles. The van der Waals surface area contributed by atoms with E-state index in [1.807, 2.05) is 0 Å². The highest BCUT2D eigenvalue weighted by Gasteiger charge is 2.26. The molecule has 104 valence electrons. The molecule has 1 aliphatic rings. The van der Waals surface area contributed by atoms with Crippen LogP contribution in [-0.4, -0.2) is 43.0 Å². The molecule has 7 heteroatoms. The molecular weight excluding hydrogens is 332 g/mol. The van der Waals surface area contributed by atoms with E-state index in [1.54, 1.807) is 25.0 Å². The minimum Gasteiger partial charge on any atom is -0.495 e. The minimum atomic E-state index is -0.121. The lowest BCUT2D eigenvalue weighted by molar-refractivity contribution is -0.127. The summed E-state index contributed by atoms with van der Waals surface area (Å²) in [6.07, 6.45) is 0.801. The van der Waals surface area contributed by atoms with Crippen molar-refractivity contribution in [2.75, 3.05) is 20.2 Å². The van der Waals surface area contributed by atoms with Crippen molar-refractivity contribution in [2.24, 2.45) is 0 Å². The molecule has 1 N–H and O–H groups in total. The minimum absolute atomic E-state index is 0.0308. The normalized spacial score (nSPS) is 18.5. The fourth-order valence-corrected chi connectivity index (χ4v) is 3.58. The number of likely N-dealkylation sites (tertiary alicyclic amines) is 1. The predicted molar refractivity (Wildman–Crippen MR) is 76.7 cm³/mol. The first-order chi connectivity index (χ1) is 9.01. The third kappa shape index (κ3) is 3.27. The quantitative estimate of drug-likeness (QED) is 0.908. The van der Waals surface area contributed by atoms with E-state index in [1.165, 1.54) is 11.3 Å². The lowest BCUT2D eigenvalue weighted by Gasteiger charge is -2.14. The Kier molecular flexibility index (Phi) is 4.46. The predicted octanol–water partition coefficient (Wildman–Crippen LogP) is 1.87. The Labute approximate surface area is 124 Å². The van der Waals surface area contributed by atoms with Gasteiger partial charge in [0.2, 0.25) is 5.91 Å². The zero-order chi connectivity index (χ0) is 14.0. The molecular formula is C12H15BrN2O3S. The highest BCUT2D eigenvalue weighted by Crippen LogP contribution is 2.34. The largest absolute Gasteiger partial charge is 0.495 e. The lowest BCUT2D eigenvalue weighted by Crippen LogP contribution is -2.37. The van der Waals surface area contributed by atoms with E-state index < -0.39 is 0 Å². The molecule has 1 fully saturated rings. The van der Waals surface area contributed by atoms with Crippen molar-refractivity contribution in [3.8, 4) is 5.75 Å². The van der Waals surface area contributed by atoms with Crippen molar-refractivity contribution in [1.29, 1.82) is 0 Å². The smallest absolute Gasteiger partial charge is 0.261 e.